The van der Waals surface area contributed by atoms with Crippen molar-refractivity contribution >= 4 is 51.0 Å². The van der Waals surface area contributed by atoms with Gasteiger partial charge in [0.2, 0.25) is 5.95 Å². The number of aromatic nitrogens is 5. The largest absolute Gasteiger partial charge is 0.396 e. The van der Waals surface area contributed by atoms with E-state index in [1.54, 1.807) is 10.9 Å². The zero-order chi connectivity index (χ0) is 24.0. The number of halogens is 1. The fourth-order valence-corrected chi connectivity index (χ4v) is 6.75. The number of fused-ring (bicyclic) bond motifs is 2. The van der Waals surface area contributed by atoms with Crippen LogP contribution in [-0.4, -0.2) is 61.5 Å². The van der Waals surface area contributed by atoms with Gasteiger partial charge < -0.3 is 15.0 Å². The smallest absolute Gasteiger partial charge is 0.224 e. The van der Waals surface area contributed by atoms with Crippen LogP contribution in [0.1, 0.15) is 30.5 Å². The molecule has 0 spiro atoms. The monoisotopic (exact) mass is 542 g/mol. The molecule has 3 heterocycles. The molecule has 4 aromatic rings. The fraction of sp³-hybridized carbons (Fsp3) is 0.417. The van der Waals surface area contributed by atoms with Crippen molar-refractivity contribution in [1.29, 1.82) is 0 Å². The summed E-state index contributed by atoms with van der Waals surface area (Å²) in [4.78, 5) is 14.0. The molecule has 2 atom stereocenters. The molecule has 0 aliphatic heterocycles. The summed E-state index contributed by atoms with van der Waals surface area (Å²) < 4.78 is 15.0. The number of hydrogen-bond donors (Lipinski definition) is 2. The average molecular weight is 543 g/mol. The molecule has 0 radical (unpaired) electrons. The number of aliphatic hydroxyl groups is 1. The zero-order valence-corrected chi connectivity index (χ0v) is 22.0. The van der Waals surface area contributed by atoms with Crippen molar-refractivity contribution < 1.29 is 9.67 Å². The molecule has 5 rings (SSSR count). The fourth-order valence-electron chi connectivity index (χ4n) is 4.78. The molecule has 1 saturated carbocycles. The van der Waals surface area contributed by atoms with Gasteiger partial charge in [-0.1, -0.05) is 6.07 Å². The minimum Gasteiger partial charge on any atom is -0.396 e. The highest BCUT2D eigenvalue weighted by Crippen LogP contribution is 2.50. The van der Waals surface area contributed by atoms with Gasteiger partial charge in [-0.25, -0.2) is 9.67 Å². The Morgan fingerprint density at radius 1 is 1.24 bits per heavy atom. The summed E-state index contributed by atoms with van der Waals surface area (Å²) in [6, 6.07) is 8.29. The van der Waals surface area contributed by atoms with Crippen molar-refractivity contribution in [1.82, 2.24) is 24.7 Å². The minimum absolute atomic E-state index is 0.0405. The summed E-state index contributed by atoms with van der Waals surface area (Å²) in [5.41, 5.74) is 4.59. The Balaban J connectivity index is 1.54. The number of nitrogens with one attached hydrogen (secondary N) is 1. The number of aliphatic hydroxyl groups excluding tert-OH is 1. The van der Waals surface area contributed by atoms with Crippen LogP contribution in [0.5, 0.6) is 0 Å². The van der Waals surface area contributed by atoms with Gasteiger partial charge in [0.05, 0.1) is 23.7 Å². The SMILES string of the molecule is Cc1ccc2cc(-n3nc(Br)c4cnc(N[C@@H]5CC[C@@H](P(C)(C)=O)C5)nc43)cc(CCO)c2n1. The van der Waals surface area contributed by atoms with Crippen LogP contribution in [0.25, 0.3) is 27.6 Å². The van der Waals surface area contributed by atoms with E-state index in [4.69, 9.17) is 4.98 Å². The first-order valence-corrected chi connectivity index (χ1v) is 14.9. The van der Waals surface area contributed by atoms with E-state index in [2.05, 4.69) is 36.3 Å². The van der Waals surface area contributed by atoms with Crippen molar-refractivity contribution in [3.63, 3.8) is 0 Å². The second-order valence-electron chi connectivity index (χ2n) is 9.48. The third kappa shape index (κ3) is 4.49. The van der Waals surface area contributed by atoms with Crippen LogP contribution in [0.3, 0.4) is 0 Å². The van der Waals surface area contributed by atoms with Gasteiger partial charge in [0.25, 0.3) is 0 Å². The summed E-state index contributed by atoms with van der Waals surface area (Å²) in [7, 11) is -2.10. The Morgan fingerprint density at radius 2 is 2.06 bits per heavy atom. The number of hydrogen-bond acceptors (Lipinski definition) is 7. The Bertz CT molecular complexity index is 1430. The molecular weight excluding hydrogens is 515 g/mol. The molecule has 0 saturated heterocycles. The second kappa shape index (κ2) is 9.02. The van der Waals surface area contributed by atoms with E-state index in [1.807, 2.05) is 44.5 Å². The number of rotatable bonds is 6. The van der Waals surface area contributed by atoms with Crippen LogP contribution in [0.15, 0.2) is 35.1 Å². The highest BCUT2D eigenvalue weighted by Gasteiger charge is 2.32. The van der Waals surface area contributed by atoms with Crippen LogP contribution in [0.2, 0.25) is 0 Å². The molecule has 8 nitrogen and oxygen atoms in total. The first-order valence-electron chi connectivity index (χ1n) is 11.5. The predicted molar refractivity (Wildman–Crippen MR) is 140 cm³/mol. The average Bonchev–Trinajstić information content (AvgIpc) is 3.39. The van der Waals surface area contributed by atoms with Crippen LogP contribution in [0, 0.1) is 6.92 Å². The van der Waals surface area contributed by atoms with Crippen molar-refractivity contribution in [3.8, 4) is 5.69 Å². The predicted octanol–water partition coefficient (Wildman–Crippen LogP) is 4.93. The van der Waals surface area contributed by atoms with E-state index in [9.17, 15) is 9.67 Å². The summed E-state index contributed by atoms with van der Waals surface area (Å²) in [5.74, 6) is 0.544. The summed E-state index contributed by atoms with van der Waals surface area (Å²) in [6.45, 7) is 5.76. The van der Waals surface area contributed by atoms with Gasteiger partial charge in [0.15, 0.2) is 5.65 Å². The van der Waals surface area contributed by atoms with Gasteiger partial charge in [-0.15, -0.1) is 0 Å². The summed E-state index contributed by atoms with van der Waals surface area (Å²) in [6.07, 6.45) is 5.07. The first-order chi connectivity index (χ1) is 16.2. The molecule has 1 aliphatic carbocycles. The van der Waals surface area contributed by atoms with E-state index >= 15 is 0 Å². The molecule has 34 heavy (non-hydrogen) atoms. The lowest BCUT2D eigenvalue weighted by molar-refractivity contribution is 0.300. The topological polar surface area (TPSA) is 106 Å². The third-order valence-corrected chi connectivity index (χ3v) is 9.43. The molecule has 1 aliphatic rings. The molecule has 178 valence electrons. The second-order valence-corrected chi connectivity index (χ2v) is 13.8. The number of nitrogens with zero attached hydrogens (tertiary/aromatic N) is 5. The molecule has 0 bridgehead atoms. The number of benzene rings is 1. The van der Waals surface area contributed by atoms with E-state index in [1.165, 1.54) is 0 Å². The highest BCUT2D eigenvalue weighted by atomic mass is 79.9. The van der Waals surface area contributed by atoms with Crippen LogP contribution < -0.4 is 5.32 Å². The molecule has 1 aromatic carbocycles. The number of anilines is 1. The molecule has 0 unspecified atom stereocenters. The third-order valence-electron chi connectivity index (χ3n) is 6.62. The van der Waals surface area contributed by atoms with Gasteiger partial charge >= 0.3 is 0 Å². The van der Waals surface area contributed by atoms with Gasteiger partial charge in [0, 0.05) is 35.6 Å². The van der Waals surface area contributed by atoms with Gasteiger partial charge in [-0.3, -0.25) is 4.98 Å². The molecule has 1 fully saturated rings. The number of aryl methyl sites for hydroxylation is 1. The quantitative estimate of drug-likeness (QED) is 0.333. The zero-order valence-electron chi connectivity index (χ0n) is 19.5. The van der Waals surface area contributed by atoms with E-state index in [-0.39, 0.29) is 18.3 Å². The first kappa shape index (κ1) is 23.4. The maximum Gasteiger partial charge on any atom is 0.224 e. The van der Waals surface area contributed by atoms with Crippen molar-refractivity contribution in [2.45, 2.75) is 44.3 Å². The maximum absolute atomic E-state index is 12.5. The molecule has 0 amide bonds. The summed E-state index contributed by atoms with van der Waals surface area (Å²) in [5, 5.41) is 19.6. The van der Waals surface area contributed by atoms with E-state index in [0.29, 0.717) is 22.6 Å². The highest BCUT2D eigenvalue weighted by molar-refractivity contribution is 9.10. The van der Waals surface area contributed by atoms with Gasteiger partial charge in [-0.2, -0.15) is 10.1 Å². The molecular formula is C24H28BrN6O2P. The Labute approximate surface area is 206 Å². The van der Waals surface area contributed by atoms with Crippen molar-refractivity contribution in [2.75, 3.05) is 25.3 Å². The van der Waals surface area contributed by atoms with Crippen LogP contribution in [0.4, 0.5) is 5.95 Å². The Morgan fingerprint density at radius 3 is 2.79 bits per heavy atom. The van der Waals surface area contributed by atoms with E-state index < -0.39 is 7.14 Å². The van der Waals surface area contributed by atoms with Gasteiger partial charge in [-0.05, 0) is 85.6 Å². The Kier molecular flexibility index (Phi) is 6.21. The number of pyridine rings is 1. The molecule has 2 N–H and O–H groups in total. The van der Waals surface area contributed by atoms with Gasteiger partial charge in [0.1, 0.15) is 4.60 Å². The van der Waals surface area contributed by atoms with Crippen LogP contribution in [-0.2, 0) is 11.0 Å². The lowest BCUT2D eigenvalue weighted by atomic mass is 10.1. The maximum atomic E-state index is 12.5. The normalized spacial score (nSPS) is 18.7. The Hall–Kier alpha value is -2.35. The molecule has 10 heteroatoms. The summed E-state index contributed by atoms with van der Waals surface area (Å²) >= 11 is 3.55. The van der Waals surface area contributed by atoms with Crippen molar-refractivity contribution in [2.24, 2.45) is 0 Å². The standard InChI is InChI=1S/C24H28BrN6O2P/c1-14-4-5-15-10-18(11-16(8-9-32)21(15)27-14)31-23-20(22(25)30-31)13-26-24(29-23)28-17-6-7-19(12-17)34(2,3)33/h4-5,10-11,13,17,19,32H,6-9,12H2,1-3H3,(H,26,28,29)/t17-,19-/m1/s1. The lowest BCUT2D eigenvalue weighted by Gasteiger charge is -2.16. The minimum atomic E-state index is -2.10. The molecule has 3 aromatic heterocycles. The van der Waals surface area contributed by atoms with E-state index in [0.717, 1.165) is 52.5 Å². The van der Waals surface area contributed by atoms with Crippen molar-refractivity contribution in [3.05, 3.63) is 46.3 Å². The van der Waals surface area contributed by atoms with Crippen LogP contribution >= 0.6 is 23.1 Å². The lowest BCUT2D eigenvalue weighted by Crippen LogP contribution is -2.18.